The highest BCUT2D eigenvalue weighted by Gasteiger charge is 2.27. The smallest absolute Gasteiger partial charge is 0.335 e. The number of fused-ring (bicyclic) bond motifs is 1. The monoisotopic (exact) mass is 377 g/mol. The maximum Gasteiger partial charge on any atom is 0.335 e. The maximum absolute atomic E-state index is 11.5. The molecule has 28 heavy (non-hydrogen) atoms. The molecule has 1 fully saturated rings. The van der Waals surface area contributed by atoms with Crippen molar-refractivity contribution in [1.29, 1.82) is 0 Å². The molecule has 0 radical (unpaired) electrons. The largest absolute Gasteiger partial charge is 0.481 e. The van der Waals surface area contributed by atoms with Gasteiger partial charge in [-0.1, -0.05) is 24.3 Å². The molecule has 1 saturated heterocycles. The molecule has 2 N–H and O–H groups in total. The van der Waals surface area contributed by atoms with Crippen LogP contribution in [0.25, 0.3) is 22.0 Å². The minimum absolute atomic E-state index is 0.205. The van der Waals surface area contributed by atoms with Crippen LogP contribution in [0.4, 0.5) is 5.82 Å². The first-order chi connectivity index (χ1) is 13.5. The number of aliphatic carboxylic acids is 1. The molecule has 4 rings (SSSR count). The number of anilines is 1. The Balaban J connectivity index is 1.86. The number of carbonyl (C=O) groups is 2. The number of hydrogen-bond donors (Lipinski definition) is 2. The molecule has 0 aliphatic carbocycles. The number of piperidine rings is 1. The average Bonchev–Trinajstić information content (AvgIpc) is 2.73. The van der Waals surface area contributed by atoms with Crippen molar-refractivity contribution in [2.45, 2.75) is 12.8 Å². The van der Waals surface area contributed by atoms with Crippen LogP contribution in [0.5, 0.6) is 0 Å². The summed E-state index contributed by atoms with van der Waals surface area (Å²) < 4.78 is 0. The molecule has 7 heteroatoms. The zero-order valence-corrected chi connectivity index (χ0v) is 15.1. The highest BCUT2D eigenvalue weighted by atomic mass is 16.4. The summed E-state index contributed by atoms with van der Waals surface area (Å²) in [5.74, 6) is -1.52. The van der Waals surface area contributed by atoms with Crippen LogP contribution in [-0.2, 0) is 4.79 Å². The van der Waals surface area contributed by atoms with Crippen molar-refractivity contribution in [3.8, 4) is 11.1 Å². The lowest BCUT2D eigenvalue weighted by Crippen LogP contribution is -2.39. The third-order valence-electron chi connectivity index (χ3n) is 5.13. The van der Waals surface area contributed by atoms with Crippen LogP contribution in [0.3, 0.4) is 0 Å². The fourth-order valence-corrected chi connectivity index (χ4v) is 3.76. The average molecular weight is 377 g/mol. The summed E-state index contributed by atoms with van der Waals surface area (Å²) in [6, 6.07) is 12.4. The number of hydrogen-bond acceptors (Lipinski definition) is 5. The van der Waals surface area contributed by atoms with Crippen LogP contribution in [0, 0.1) is 5.92 Å². The van der Waals surface area contributed by atoms with Gasteiger partial charge in [-0.15, -0.1) is 0 Å². The lowest BCUT2D eigenvalue weighted by Gasteiger charge is -2.32. The number of rotatable bonds is 4. The third kappa shape index (κ3) is 3.26. The Labute approximate surface area is 161 Å². The van der Waals surface area contributed by atoms with E-state index in [-0.39, 0.29) is 5.56 Å². The normalized spacial score (nSPS) is 16.9. The molecule has 0 saturated carbocycles. The molecule has 0 bridgehead atoms. The molecular weight excluding hydrogens is 358 g/mol. The molecule has 0 spiro atoms. The predicted molar refractivity (Wildman–Crippen MR) is 105 cm³/mol. The zero-order chi connectivity index (χ0) is 19.7. The van der Waals surface area contributed by atoms with E-state index >= 15 is 0 Å². The van der Waals surface area contributed by atoms with Gasteiger partial charge in [-0.05, 0) is 42.2 Å². The van der Waals surface area contributed by atoms with Crippen molar-refractivity contribution in [1.82, 2.24) is 9.97 Å². The van der Waals surface area contributed by atoms with E-state index in [9.17, 15) is 19.8 Å². The second-order valence-corrected chi connectivity index (χ2v) is 6.91. The van der Waals surface area contributed by atoms with Gasteiger partial charge in [0.1, 0.15) is 12.1 Å². The van der Waals surface area contributed by atoms with Crippen LogP contribution in [0.1, 0.15) is 23.2 Å². The molecular formula is C21H19N3O4. The van der Waals surface area contributed by atoms with Crippen molar-refractivity contribution in [3.05, 3.63) is 54.4 Å². The minimum Gasteiger partial charge on any atom is -0.481 e. The summed E-state index contributed by atoms with van der Waals surface area (Å²) in [4.78, 5) is 33.7. The molecule has 2 heterocycles. The molecule has 7 nitrogen and oxygen atoms in total. The van der Waals surface area contributed by atoms with Gasteiger partial charge in [0.15, 0.2) is 0 Å². The Kier molecular flexibility index (Phi) is 4.65. The number of aromatic nitrogens is 2. The standard InChI is InChI=1S/C21H19N3O4/c25-20(26)14-5-1-4-13(10-14)16-7-2-8-17-18(16)19(23-12-22-17)24-9-3-6-15(11-24)21(27)28/h1-2,4-5,7-8,10,12,15H,3,6,9,11H2,(H,25,26)(H,27,28). The number of nitrogens with zero attached hydrogens (tertiary/aromatic N) is 3. The first-order valence-corrected chi connectivity index (χ1v) is 9.10. The van der Waals surface area contributed by atoms with Crippen molar-refractivity contribution in [3.63, 3.8) is 0 Å². The minimum atomic E-state index is -0.987. The maximum atomic E-state index is 11.5. The SMILES string of the molecule is O=C(O)c1cccc(-c2cccc3ncnc(N4CCCC(C(=O)O)C4)c23)c1. The quantitative estimate of drug-likeness (QED) is 0.719. The molecule has 1 unspecified atom stereocenters. The topological polar surface area (TPSA) is 104 Å². The predicted octanol–water partition coefficient (Wildman–Crippen LogP) is 3.30. The molecule has 1 aliphatic heterocycles. The van der Waals surface area contributed by atoms with Crippen molar-refractivity contribution < 1.29 is 19.8 Å². The second-order valence-electron chi connectivity index (χ2n) is 6.91. The van der Waals surface area contributed by atoms with Gasteiger partial charge in [0.2, 0.25) is 0 Å². The lowest BCUT2D eigenvalue weighted by molar-refractivity contribution is -0.141. The Morgan fingerprint density at radius 1 is 1.07 bits per heavy atom. The fourth-order valence-electron chi connectivity index (χ4n) is 3.76. The molecule has 142 valence electrons. The zero-order valence-electron chi connectivity index (χ0n) is 15.1. The van der Waals surface area contributed by atoms with Gasteiger partial charge in [-0.2, -0.15) is 0 Å². The van der Waals surface area contributed by atoms with Gasteiger partial charge < -0.3 is 15.1 Å². The van der Waals surface area contributed by atoms with Gasteiger partial charge in [0.25, 0.3) is 0 Å². The molecule has 1 aromatic heterocycles. The van der Waals surface area contributed by atoms with Crippen LogP contribution in [-0.4, -0.2) is 45.2 Å². The number of carboxylic acids is 2. The van der Waals surface area contributed by atoms with E-state index in [4.69, 9.17) is 0 Å². The van der Waals surface area contributed by atoms with Crippen LogP contribution < -0.4 is 4.90 Å². The Hall–Kier alpha value is -3.48. The van der Waals surface area contributed by atoms with E-state index in [2.05, 4.69) is 9.97 Å². The first-order valence-electron chi connectivity index (χ1n) is 9.10. The first kappa shape index (κ1) is 17.9. The number of aromatic carboxylic acids is 1. The molecule has 1 atom stereocenters. The summed E-state index contributed by atoms with van der Waals surface area (Å²) in [7, 11) is 0. The highest BCUT2D eigenvalue weighted by Crippen LogP contribution is 2.35. The summed E-state index contributed by atoms with van der Waals surface area (Å²) in [5.41, 5.74) is 2.53. The second kappa shape index (κ2) is 7.26. The van der Waals surface area contributed by atoms with Crippen LogP contribution >= 0.6 is 0 Å². The van der Waals surface area contributed by atoms with E-state index in [1.165, 1.54) is 6.33 Å². The van der Waals surface area contributed by atoms with Crippen molar-refractivity contribution >= 4 is 28.7 Å². The lowest BCUT2D eigenvalue weighted by atomic mass is 9.96. The summed E-state index contributed by atoms with van der Waals surface area (Å²) in [6.45, 7) is 1.12. The van der Waals surface area contributed by atoms with E-state index < -0.39 is 17.9 Å². The highest BCUT2D eigenvalue weighted by molar-refractivity contribution is 6.03. The molecule has 1 aliphatic rings. The molecule has 0 amide bonds. The molecule has 3 aromatic rings. The Morgan fingerprint density at radius 3 is 2.68 bits per heavy atom. The van der Waals surface area contributed by atoms with Crippen LogP contribution in [0.2, 0.25) is 0 Å². The Morgan fingerprint density at radius 2 is 1.89 bits per heavy atom. The van der Waals surface area contributed by atoms with Gasteiger partial charge in [0, 0.05) is 13.1 Å². The van der Waals surface area contributed by atoms with Gasteiger partial charge in [0.05, 0.1) is 22.4 Å². The van der Waals surface area contributed by atoms with E-state index in [0.717, 1.165) is 35.0 Å². The Bertz CT molecular complexity index is 1060. The van der Waals surface area contributed by atoms with Crippen molar-refractivity contribution in [2.75, 3.05) is 18.0 Å². The van der Waals surface area contributed by atoms with Gasteiger partial charge in [-0.3, -0.25) is 4.79 Å². The van der Waals surface area contributed by atoms with Gasteiger partial charge >= 0.3 is 11.9 Å². The van der Waals surface area contributed by atoms with E-state index in [0.29, 0.717) is 18.8 Å². The van der Waals surface area contributed by atoms with Crippen LogP contribution in [0.15, 0.2) is 48.8 Å². The number of benzene rings is 2. The fraction of sp³-hybridized carbons (Fsp3) is 0.238. The van der Waals surface area contributed by atoms with E-state index in [1.54, 1.807) is 18.2 Å². The third-order valence-corrected chi connectivity index (χ3v) is 5.13. The number of carboxylic acid groups (broad SMARTS) is 2. The van der Waals surface area contributed by atoms with Crippen molar-refractivity contribution in [2.24, 2.45) is 5.92 Å². The molecule has 2 aromatic carbocycles. The summed E-state index contributed by atoms with van der Waals surface area (Å²) in [6.07, 6.45) is 2.92. The summed E-state index contributed by atoms with van der Waals surface area (Å²) in [5, 5.41) is 19.5. The summed E-state index contributed by atoms with van der Waals surface area (Å²) >= 11 is 0. The van der Waals surface area contributed by atoms with E-state index in [1.807, 2.05) is 29.2 Å². The van der Waals surface area contributed by atoms with Gasteiger partial charge in [-0.25, -0.2) is 14.8 Å².